The van der Waals surface area contributed by atoms with Gasteiger partial charge >= 0.3 is 0 Å². The molecule has 10 nitrogen and oxygen atoms in total. The fourth-order valence-electron chi connectivity index (χ4n) is 3.75. The number of ether oxygens (including phenoxy) is 1. The summed E-state index contributed by atoms with van der Waals surface area (Å²) in [5.41, 5.74) is 6.33. The van der Waals surface area contributed by atoms with Crippen LogP contribution >= 0.6 is 0 Å². The van der Waals surface area contributed by atoms with Crippen LogP contribution in [0.3, 0.4) is 0 Å². The molecule has 5 aromatic rings. The SMILES string of the molecule is Cc1ccc(OCn2cc(NC(=O)c3cc4nccc(-c5cnn(C)c5C)n4n3)cn2)c(C)c1. The van der Waals surface area contributed by atoms with E-state index in [0.717, 1.165) is 28.3 Å². The van der Waals surface area contributed by atoms with E-state index in [1.165, 1.54) is 5.56 Å². The fourth-order valence-corrected chi connectivity index (χ4v) is 3.75. The molecule has 0 aliphatic rings. The third kappa shape index (κ3) is 4.01. The minimum atomic E-state index is -0.353. The Hall–Kier alpha value is -4.47. The second-order valence-electron chi connectivity index (χ2n) is 8.16. The van der Waals surface area contributed by atoms with Crippen molar-refractivity contribution in [1.82, 2.24) is 34.2 Å². The summed E-state index contributed by atoms with van der Waals surface area (Å²) >= 11 is 0. The molecule has 0 spiro atoms. The van der Waals surface area contributed by atoms with E-state index < -0.39 is 0 Å². The zero-order valence-electron chi connectivity index (χ0n) is 19.4. The largest absolute Gasteiger partial charge is 0.471 e. The van der Waals surface area contributed by atoms with Gasteiger partial charge in [0.15, 0.2) is 18.1 Å². The molecule has 0 radical (unpaired) electrons. The zero-order valence-corrected chi connectivity index (χ0v) is 19.4. The second-order valence-corrected chi connectivity index (χ2v) is 8.16. The van der Waals surface area contributed by atoms with E-state index >= 15 is 0 Å². The Morgan fingerprint density at radius 3 is 2.71 bits per heavy atom. The van der Waals surface area contributed by atoms with Crippen LogP contribution in [0.25, 0.3) is 16.9 Å². The molecule has 10 heteroatoms. The van der Waals surface area contributed by atoms with Gasteiger partial charge in [-0.15, -0.1) is 0 Å². The predicted octanol–water partition coefficient (Wildman–Crippen LogP) is 3.54. The van der Waals surface area contributed by atoms with E-state index in [9.17, 15) is 4.79 Å². The first-order chi connectivity index (χ1) is 16.4. The van der Waals surface area contributed by atoms with Gasteiger partial charge in [-0.05, 0) is 38.5 Å². The van der Waals surface area contributed by atoms with Crippen molar-refractivity contribution in [2.45, 2.75) is 27.5 Å². The Kier molecular flexibility index (Phi) is 5.33. The lowest BCUT2D eigenvalue weighted by atomic mass is 10.1. The van der Waals surface area contributed by atoms with Crippen LogP contribution in [0.15, 0.2) is 55.1 Å². The summed E-state index contributed by atoms with van der Waals surface area (Å²) in [6.45, 7) is 6.25. The number of fused-ring (bicyclic) bond motifs is 1. The van der Waals surface area contributed by atoms with Gasteiger partial charge in [-0.2, -0.15) is 15.3 Å². The average molecular weight is 457 g/mol. The van der Waals surface area contributed by atoms with Gasteiger partial charge in [-0.3, -0.25) is 9.48 Å². The summed E-state index contributed by atoms with van der Waals surface area (Å²) in [5, 5.41) is 15.9. The van der Waals surface area contributed by atoms with Gasteiger partial charge in [0.2, 0.25) is 0 Å². The summed E-state index contributed by atoms with van der Waals surface area (Å²) in [6, 6.07) is 9.51. The first-order valence-electron chi connectivity index (χ1n) is 10.8. The minimum absolute atomic E-state index is 0.228. The highest BCUT2D eigenvalue weighted by molar-refractivity contribution is 6.03. The molecule has 172 valence electrons. The first kappa shape index (κ1) is 21.4. The quantitative estimate of drug-likeness (QED) is 0.419. The number of benzene rings is 1. The van der Waals surface area contributed by atoms with E-state index in [1.54, 1.807) is 44.7 Å². The topological polar surface area (TPSA) is 104 Å². The lowest BCUT2D eigenvalue weighted by Gasteiger charge is -2.09. The Bertz CT molecular complexity index is 1510. The van der Waals surface area contributed by atoms with Crippen LogP contribution in [-0.4, -0.2) is 40.1 Å². The molecule has 1 aromatic carbocycles. The summed E-state index contributed by atoms with van der Waals surface area (Å²) in [5.74, 6) is 0.442. The number of hydrogen-bond acceptors (Lipinski definition) is 6. The number of hydrogen-bond donors (Lipinski definition) is 1. The summed E-state index contributed by atoms with van der Waals surface area (Å²) in [6.07, 6.45) is 6.75. The molecule has 0 saturated carbocycles. The first-order valence-corrected chi connectivity index (χ1v) is 10.8. The van der Waals surface area contributed by atoms with E-state index in [4.69, 9.17) is 4.74 Å². The highest BCUT2D eigenvalue weighted by atomic mass is 16.5. The third-order valence-corrected chi connectivity index (χ3v) is 5.68. The van der Waals surface area contributed by atoms with Gasteiger partial charge in [0.05, 0.1) is 30.0 Å². The number of carbonyl (C=O) groups excluding carboxylic acids is 1. The molecular formula is C24H24N8O2. The highest BCUT2D eigenvalue weighted by Crippen LogP contribution is 2.23. The standard InChI is InChI=1S/C24H24N8O2/c1-15-5-6-22(16(2)9-15)34-14-31-13-18(11-27-31)28-24(33)20-10-23-25-8-7-21(32(23)29-20)19-12-26-30(4)17(19)3/h5-13H,14H2,1-4H3,(H,28,33). The van der Waals surface area contributed by atoms with Crippen LogP contribution in [0, 0.1) is 20.8 Å². The van der Waals surface area contributed by atoms with E-state index in [1.807, 2.05) is 46.0 Å². The van der Waals surface area contributed by atoms with E-state index in [0.29, 0.717) is 11.3 Å². The van der Waals surface area contributed by atoms with Crippen molar-refractivity contribution in [3.8, 4) is 17.0 Å². The van der Waals surface area contributed by atoms with Crippen LogP contribution in [0.5, 0.6) is 5.75 Å². The maximum Gasteiger partial charge on any atom is 0.276 e. The minimum Gasteiger partial charge on any atom is -0.471 e. The number of anilines is 1. The molecule has 0 aliphatic heterocycles. The number of aryl methyl sites for hydroxylation is 3. The third-order valence-electron chi connectivity index (χ3n) is 5.68. The smallest absolute Gasteiger partial charge is 0.276 e. The summed E-state index contributed by atoms with van der Waals surface area (Å²) in [4.78, 5) is 17.2. The van der Waals surface area contributed by atoms with Gasteiger partial charge < -0.3 is 10.1 Å². The summed E-state index contributed by atoms with van der Waals surface area (Å²) < 4.78 is 10.9. The highest BCUT2D eigenvalue weighted by Gasteiger charge is 2.17. The van der Waals surface area contributed by atoms with Crippen molar-refractivity contribution >= 4 is 17.2 Å². The number of aromatic nitrogens is 7. The van der Waals surface area contributed by atoms with Crippen molar-refractivity contribution in [1.29, 1.82) is 0 Å². The maximum atomic E-state index is 12.9. The van der Waals surface area contributed by atoms with Gasteiger partial charge in [-0.25, -0.2) is 14.2 Å². The lowest BCUT2D eigenvalue weighted by molar-refractivity contribution is 0.102. The van der Waals surface area contributed by atoms with Crippen LogP contribution in [0.1, 0.15) is 27.3 Å². The molecule has 0 atom stereocenters. The van der Waals surface area contributed by atoms with Crippen LogP contribution in [-0.2, 0) is 13.8 Å². The summed E-state index contributed by atoms with van der Waals surface area (Å²) in [7, 11) is 1.88. The van der Waals surface area contributed by atoms with Gasteiger partial charge in [-0.1, -0.05) is 17.7 Å². The molecule has 34 heavy (non-hydrogen) atoms. The van der Waals surface area contributed by atoms with Gasteiger partial charge in [0, 0.05) is 30.6 Å². The molecule has 0 saturated heterocycles. The van der Waals surface area contributed by atoms with Crippen LogP contribution in [0.4, 0.5) is 5.69 Å². The normalized spacial score (nSPS) is 11.2. The molecule has 4 aromatic heterocycles. The Morgan fingerprint density at radius 1 is 1.09 bits per heavy atom. The number of amides is 1. The average Bonchev–Trinajstić information content (AvgIpc) is 3.52. The molecular weight excluding hydrogens is 432 g/mol. The van der Waals surface area contributed by atoms with Gasteiger partial charge in [0.25, 0.3) is 5.91 Å². The monoisotopic (exact) mass is 456 g/mol. The van der Waals surface area contributed by atoms with Crippen LogP contribution in [0.2, 0.25) is 0 Å². The molecule has 1 amide bonds. The number of nitrogens with zero attached hydrogens (tertiary/aromatic N) is 7. The fraction of sp³-hybridized carbons (Fsp3) is 0.208. The van der Waals surface area contributed by atoms with Crippen LogP contribution < -0.4 is 10.1 Å². The van der Waals surface area contributed by atoms with E-state index in [-0.39, 0.29) is 18.3 Å². The number of nitrogens with one attached hydrogen (secondary N) is 1. The van der Waals surface area contributed by atoms with Crippen molar-refractivity contribution in [3.63, 3.8) is 0 Å². The molecule has 0 aliphatic carbocycles. The second kappa shape index (κ2) is 8.47. The molecule has 5 rings (SSSR count). The van der Waals surface area contributed by atoms with Crippen molar-refractivity contribution in [3.05, 3.63) is 77.6 Å². The Labute approximate surface area is 195 Å². The molecule has 1 N–H and O–H groups in total. The molecule has 0 bridgehead atoms. The molecule has 0 unspecified atom stereocenters. The molecule has 0 fully saturated rings. The molecule has 4 heterocycles. The Balaban J connectivity index is 1.31. The van der Waals surface area contributed by atoms with Crippen molar-refractivity contribution in [2.75, 3.05) is 5.32 Å². The maximum absolute atomic E-state index is 12.9. The zero-order chi connectivity index (χ0) is 23.8. The predicted molar refractivity (Wildman–Crippen MR) is 127 cm³/mol. The van der Waals surface area contributed by atoms with E-state index in [2.05, 4.69) is 31.7 Å². The number of rotatable bonds is 6. The van der Waals surface area contributed by atoms with Gasteiger partial charge in [0.1, 0.15) is 5.75 Å². The van der Waals surface area contributed by atoms with Crippen molar-refractivity contribution in [2.24, 2.45) is 7.05 Å². The van der Waals surface area contributed by atoms with Crippen molar-refractivity contribution < 1.29 is 9.53 Å². The lowest BCUT2D eigenvalue weighted by Crippen LogP contribution is -2.12. The number of carbonyl (C=O) groups is 1. The Morgan fingerprint density at radius 2 is 1.94 bits per heavy atom.